The van der Waals surface area contributed by atoms with E-state index in [1.165, 1.54) is 0 Å². The number of halogens is 2. The van der Waals surface area contributed by atoms with Crippen molar-refractivity contribution in [3.63, 3.8) is 0 Å². The van der Waals surface area contributed by atoms with E-state index in [-0.39, 0.29) is 4.83 Å². The number of nitrogens with zero attached hydrogens (tertiary/aromatic N) is 3. The van der Waals surface area contributed by atoms with Crippen molar-refractivity contribution in [3.05, 3.63) is 41.2 Å². The smallest absolute Gasteiger partial charge is 0.0853 e. The van der Waals surface area contributed by atoms with E-state index in [4.69, 9.17) is 11.6 Å². The van der Waals surface area contributed by atoms with Crippen LogP contribution in [0.4, 0.5) is 0 Å². The molecule has 0 bridgehead atoms. The molecule has 0 spiro atoms. The van der Waals surface area contributed by atoms with Crippen molar-refractivity contribution in [2.45, 2.75) is 11.8 Å². The summed E-state index contributed by atoms with van der Waals surface area (Å²) in [5.41, 5.74) is 1.82. The molecule has 0 saturated heterocycles. The van der Waals surface area contributed by atoms with Crippen LogP contribution in [0.25, 0.3) is 5.69 Å². The molecule has 0 amide bonds. The Morgan fingerprint density at radius 2 is 2.13 bits per heavy atom. The van der Waals surface area contributed by atoms with Crippen molar-refractivity contribution in [1.82, 2.24) is 15.0 Å². The summed E-state index contributed by atoms with van der Waals surface area (Å²) in [6.45, 7) is 2.02. The highest BCUT2D eigenvalue weighted by Gasteiger charge is 2.12. The average molecular weight is 287 g/mol. The summed E-state index contributed by atoms with van der Waals surface area (Å²) in [6, 6.07) is 7.56. The molecule has 0 aliphatic rings. The van der Waals surface area contributed by atoms with Crippen molar-refractivity contribution in [3.8, 4) is 5.69 Å². The lowest BCUT2D eigenvalue weighted by molar-refractivity contribution is 0.766. The lowest BCUT2D eigenvalue weighted by atomic mass is 10.3. The molecule has 0 aliphatic carbocycles. The molecule has 0 saturated carbocycles. The summed E-state index contributed by atoms with van der Waals surface area (Å²) < 4.78 is 1.74. The highest BCUT2D eigenvalue weighted by molar-refractivity contribution is 9.09. The standard InChI is InChI=1S/C10H9BrClN3/c1-7(11)10-6-13-14-15(10)9-5-3-2-4-8(9)12/h2-7H,1H3. The van der Waals surface area contributed by atoms with Crippen LogP contribution in [0, 0.1) is 0 Å². The van der Waals surface area contributed by atoms with Crippen molar-refractivity contribution in [1.29, 1.82) is 0 Å². The van der Waals surface area contributed by atoms with Crippen LogP contribution in [0.3, 0.4) is 0 Å². The highest BCUT2D eigenvalue weighted by Crippen LogP contribution is 2.26. The third-order valence-corrected chi connectivity index (χ3v) is 2.85. The zero-order chi connectivity index (χ0) is 10.8. The second-order valence-corrected chi connectivity index (χ2v) is 4.92. The molecule has 0 aliphatic heterocycles. The van der Waals surface area contributed by atoms with E-state index in [0.717, 1.165) is 11.4 Å². The maximum atomic E-state index is 6.09. The van der Waals surface area contributed by atoms with Gasteiger partial charge in [0, 0.05) is 0 Å². The molecule has 0 fully saturated rings. The van der Waals surface area contributed by atoms with Crippen molar-refractivity contribution >= 4 is 27.5 Å². The molecule has 2 rings (SSSR count). The Bertz CT molecular complexity index is 467. The Labute approximate surface area is 101 Å². The maximum absolute atomic E-state index is 6.09. The van der Waals surface area contributed by atoms with Gasteiger partial charge in [-0.15, -0.1) is 5.10 Å². The monoisotopic (exact) mass is 285 g/mol. The van der Waals surface area contributed by atoms with Gasteiger partial charge in [0.2, 0.25) is 0 Å². The van der Waals surface area contributed by atoms with Gasteiger partial charge in [0.1, 0.15) is 0 Å². The fourth-order valence-corrected chi connectivity index (χ4v) is 1.85. The molecule has 1 heterocycles. The van der Waals surface area contributed by atoms with Gasteiger partial charge in [-0.25, -0.2) is 4.68 Å². The van der Waals surface area contributed by atoms with Crippen LogP contribution in [0.1, 0.15) is 17.4 Å². The normalized spacial score (nSPS) is 12.7. The summed E-state index contributed by atoms with van der Waals surface area (Å²) >= 11 is 9.58. The Kier molecular flexibility index (Phi) is 3.07. The summed E-state index contributed by atoms with van der Waals surface area (Å²) in [5.74, 6) is 0. The van der Waals surface area contributed by atoms with Gasteiger partial charge in [-0.2, -0.15) is 0 Å². The fourth-order valence-electron chi connectivity index (χ4n) is 1.32. The maximum Gasteiger partial charge on any atom is 0.0853 e. The summed E-state index contributed by atoms with van der Waals surface area (Å²) in [5, 5.41) is 8.57. The molecule has 1 aromatic heterocycles. The fraction of sp³-hybridized carbons (Fsp3) is 0.200. The number of hydrogen-bond acceptors (Lipinski definition) is 2. The van der Waals surface area contributed by atoms with Gasteiger partial charge in [0.25, 0.3) is 0 Å². The third kappa shape index (κ3) is 2.06. The minimum atomic E-state index is 0.184. The van der Waals surface area contributed by atoms with Crippen LogP contribution in [0.15, 0.2) is 30.5 Å². The van der Waals surface area contributed by atoms with E-state index in [1.807, 2.05) is 31.2 Å². The minimum Gasteiger partial charge on any atom is -0.215 e. The first-order valence-corrected chi connectivity index (χ1v) is 5.79. The molecule has 0 N–H and O–H groups in total. The van der Waals surface area contributed by atoms with Crippen LogP contribution in [-0.2, 0) is 0 Å². The number of benzene rings is 1. The summed E-state index contributed by atoms with van der Waals surface area (Å²) in [7, 11) is 0. The zero-order valence-electron chi connectivity index (χ0n) is 8.06. The van der Waals surface area contributed by atoms with E-state index in [2.05, 4.69) is 26.2 Å². The van der Waals surface area contributed by atoms with E-state index >= 15 is 0 Å². The third-order valence-electron chi connectivity index (χ3n) is 2.06. The molecular formula is C10H9BrClN3. The van der Waals surface area contributed by atoms with Gasteiger partial charge in [-0.05, 0) is 19.1 Å². The molecule has 1 atom stereocenters. The molecule has 15 heavy (non-hydrogen) atoms. The second kappa shape index (κ2) is 4.33. The van der Waals surface area contributed by atoms with E-state index in [0.29, 0.717) is 5.02 Å². The predicted octanol–water partition coefficient (Wildman–Crippen LogP) is 3.38. The first-order valence-electron chi connectivity index (χ1n) is 4.49. The topological polar surface area (TPSA) is 30.7 Å². The number of rotatable bonds is 2. The Balaban J connectivity index is 2.55. The first-order chi connectivity index (χ1) is 7.20. The molecular weight excluding hydrogens is 277 g/mol. The quantitative estimate of drug-likeness (QED) is 0.792. The van der Waals surface area contributed by atoms with E-state index in [9.17, 15) is 0 Å². The van der Waals surface area contributed by atoms with Crippen LogP contribution < -0.4 is 0 Å². The van der Waals surface area contributed by atoms with Gasteiger partial charge >= 0.3 is 0 Å². The Morgan fingerprint density at radius 3 is 2.80 bits per heavy atom. The molecule has 78 valence electrons. The lowest BCUT2D eigenvalue weighted by Gasteiger charge is -2.08. The molecule has 0 radical (unpaired) electrons. The van der Waals surface area contributed by atoms with Gasteiger partial charge in [0.15, 0.2) is 0 Å². The first kappa shape index (κ1) is 10.6. The van der Waals surface area contributed by atoms with Crippen LogP contribution >= 0.6 is 27.5 Å². The Morgan fingerprint density at radius 1 is 1.40 bits per heavy atom. The molecule has 2 aromatic rings. The molecule has 1 aromatic carbocycles. The van der Waals surface area contributed by atoms with Crippen LogP contribution in [-0.4, -0.2) is 15.0 Å². The molecule has 1 unspecified atom stereocenters. The van der Waals surface area contributed by atoms with Gasteiger partial charge < -0.3 is 0 Å². The predicted molar refractivity (Wildman–Crippen MR) is 63.7 cm³/mol. The average Bonchev–Trinajstić information content (AvgIpc) is 2.67. The van der Waals surface area contributed by atoms with Gasteiger partial charge in [0.05, 0.1) is 27.4 Å². The minimum absolute atomic E-state index is 0.184. The van der Waals surface area contributed by atoms with Crippen LogP contribution in [0.2, 0.25) is 5.02 Å². The van der Waals surface area contributed by atoms with E-state index < -0.39 is 0 Å². The summed E-state index contributed by atoms with van der Waals surface area (Å²) in [6.07, 6.45) is 1.72. The van der Waals surface area contributed by atoms with Crippen molar-refractivity contribution < 1.29 is 0 Å². The second-order valence-electron chi connectivity index (χ2n) is 3.14. The van der Waals surface area contributed by atoms with Gasteiger partial charge in [-0.1, -0.05) is 44.9 Å². The number of hydrogen-bond donors (Lipinski definition) is 0. The van der Waals surface area contributed by atoms with Crippen molar-refractivity contribution in [2.75, 3.05) is 0 Å². The lowest BCUT2D eigenvalue weighted by Crippen LogP contribution is -2.03. The summed E-state index contributed by atoms with van der Waals surface area (Å²) in [4.78, 5) is 0.184. The highest BCUT2D eigenvalue weighted by atomic mass is 79.9. The zero-order valence-corrected chi connectivity index (χ0v) is 10.4. The Hall–Kier alpha value is -0.870. The van der Waals surface area contributed by atoms with Gasteiger partial charge in [-0.3, -0.25) is 0 Å². The largest absolute Gasteiger partial charge is 0.215 e. The molecule has 3 nitrogen and oxygen atoms in total. The van der Waals surface area contributed by atoms with Crippen molar-refractivity contribution in [2.24, 2.45) is 0 Å². The number of aromatic nitrogens is 3. The van der Waals surface area contributed by atoms with Crippen LogP contribution in [0.5, 0.6) is 0 Å². The van der Waals surface area contributed by atoms with E-state index in [1.54, 1.807) is 10.9 Å². The molecule has 5 heteroatoms. The SMILES string of the molecule is CC(Br)c1cnnn1-c1ccccc1Cl. The number of alkyl halides is 1. The number of para-hydroxylation sites is 1.